The number of halogens is 1. The van der Waals surface area contributed by atoms with Crippen molar-refractivity contribution in [2.75, 3.05) is 6.54 Å². The van der Waals surface area contributed by atoms with Gasteiger partial charge in [0, 0.05) is 17.3 Å². The molecule has 0 N–H and O–H groups in total. The number of hydrogen-bond acceptors (Lipinski definition) is 2. The Labute approximate surface area is 158 Å². The van der Waals surface area contributed by atoms with Crippen molar-refractivity contribution in [2.24, 2.45) is 0 Å². The Morgan fingerprint density at radius 2 is 1.85 bits per heavy atom. The van der Waals surface area contributed by atoms with Gasteiger partial charge < -0.3 is 4.90 Å². The number of benzene rings is 2. The molecule has 26 heavy (non-hydrogen) atoms. The van der Waals surface area contributed by atoms with E-state index < -0.39 is 0 Å². The number of hydrogen-bond donors (Lipinski definition) is 0. The van der Waals surface area contributed by atoms with Crippen LogP contribution in [0, 0.1) is 6.92 Å². The van der Waals surface area contributed by atoms with Crippen molar-refractivity contribution in [3.05, 3.63) is 82.6 Å². The van der Waals surface area contributed by atoms with Gasteiger partial charge in [-0.05, 0) is 55.7 Å². The summed E-state index contributed by atoms with van der Waals surface area (Å²) in [5.41, 5.74) is 3.52. The molecule has 0 spiro atoms. The highest BCUT2D eigenvalue weighted by atomic mass is 35.5. The second-order valence-electron chi connectivity index (χ2n) is 6.63. The van der Waals surface area contributed by atoms with Crippen LogP contribution in [0.4, 0.5) is 0 Å². The summed E-state index contributed by atoms with van der Waals surface area (Å²) in [6, 6.07) is 19.6. The summed E-state index contributed by atoms with van der Waals surface area (Å²) >= 11 is 6.00. The van der Waals surface area contributed by atoms with Crippen LogP contribution < -0.4 is 0 Å². The minimum absolute atomic E-state index is 0.0137. The van der Waals surface area contributed by atoms with Gasteiger partial charge in [0.1, 0.15) is 0 Å². The van der Waals surface area contributed by atoms with E-state index in [0.717, 1.165) is 36.3 Å². The summed E-state index contributed by atoms with van der Waals surface area (Å²) in [5.74, 6) is -0.0137. The summed E-state index contributed by atoms with van der Waals surface area (Å²) in [6.07, 6.45) is 1.96. The fourth-order valence-corrected chi connectivity index (χ4v) is 3.72. The van der Waals surface area contributed by atoms with E-state index in [1.165, 1.54) is 0 Å². The summed E-state index contributed by atoms with van der Waals surface area (Å²) in [5, 5.41) is 5.28. The van der Waals surface area contributed by atoms with Crippen LogP contribution in [0.15, 0.2) is 60.7 Å². The van der Waals surface area contributed by atoms with Crippen LogP contribution in [0.2, 0.25) is 5.02 Å². The maximum atomic E-state index is 13.1. The van der Waals surface area contributed by atoms with Crippen LogP contribution in [0.25, 0.3) is 5.69 Å². The van der Waals surface area contributed by atoms with Gasteiger partial charge in [-0.2, -0.15) is 5.10 Å². The highest BCUT2D eigenvalue weighted by Gasteiger charge is 2.32. The molecule has 0 bridgehead atoms. The van der Waals surface area contributed by atoms with E-state index in [-0.39, 0.29) is 11.9 Å². The lowest BCUT2D eigenvalue weighted by Gasteiger charge is -2.24. The molecule has 2 heterocycles. The van der Waals surface area contributed by atoms with E-state index in [0.29, 0.717) is 10.7 Å². The highest BCUT2D eigenvalue weighted by molar-refractivity contribution is 6.30. The van der Waals surface area contributed by atoms with Gasteiger partial charge >= 0.3 is 0 Å². The van der Waals surface area contributed by atoms with Crippen LogP contribution >= 0.6 is 11.6 Å². The molecule has 4 rings (SSSR count). The molecule has 1 aromatic heterocycles. The Morgan fingerprint density at radius 3 is 2.58 bits per heavy atom. The number of rotatable bonds is 3. The molecule has 1 unspecified atom stereocenters. The molecule has 1 aliphatic heterocycles. The van der Waals surface area contributed by atoms with Crippen LogP contribution in [-0.4, -0.2) is 27.1 Å². The molecule has 1 fully saturated rings. The van der Waals surface area contributed by atoms with Crippen molar-refractivity contribution in [3.63, 3.8) is 0 Å². The number of para-hydroxylation sites is 1. The topological polar surface area (TPSA) is 38.1 Å². The molecular formula is C21H20ClN3O. The average Bonchev–Trinajstić information content (AvgIpc) is 3.29. The van der Waals surface area contributed by atoms with Gasteiger partial charge in [0.25, 0.3) is 5.91 Å². The fraction of sp³-hybridized carbons (Fsp3) is 0.238. The number of carbonyl (C=O) groups is 1. The maximum absolute atomic E-state index is 13.1. The van der Waals surface area contributed by atoms with Crippen molar-refractivity contribution >= 4 is 17.5 Å². The average molecular weight is 366 g/mol. The van der Waals surface area contributed by atoms with Gasteiger partial charge in [0.15, 0.2) is 5.69 Å². The van der Waals surface area contributed by atoms with E-state index in [2.05, 4.69) is 5.10 Å². The minimum Gasteiger partial charge on any atom is -0.330 e. The minimum atomic E-state index is -0.0137. The first kappa shape index (κ1) is 16.9. The second kappa shape index (κ2) is 6.96. The molecule has 1 aliphatic rings. The molecule has 0 radical (unpaired) electrons. The van der Waals surface area contributed by atoms with Crippen LogP contribution in [-0.2, 0) is 0 Å². The molecule has 4 nitrogen and oxygen atoms in total. The predicted octanol–water partition coefficient (Wildman–Crippen LogP) is 4.81. The second-order valence-corrected chi connectivity index (χ2v) is 7.06. The molecule has 1 amide bonds. The number of likely N-dealkylation sites (tertiary alicyclic amines) is 1. The zero-order chi connectivity index (χ0) is 18.1. The largest absolute Gasteiger partial charge is 0.330 e. The van der Waals surface area contributed by atoms with Crippen molar-refractivity contribution in [2.45, 2.75) is 25.8 Å². The van der Waals surface area contributed by atoms with Crippen molar-refractivity contribution in [1.82, 2.24) is 14.7 Å². The number of aryl methyl sites for hydroxylation is 1. The van der Waals surface area contributed by atoms with E-state index in [1.54, 1.807) is 0 Å². The lowest BCUT2D eigenvalue weighted by atomic mass is 10.0. The van der Waals surface area contributed by atoms with Gasteiger partial charge in [0.05, 0.1) is 11.7 Å². The molecule has 0 saturated carbocycles. The Hall–Kier alpha value is -2.59. The predicted molar refractivity (Wildman–Crippen MR) is 103 cm³/mol. The number of nitrogens with zero attached hydrogens (tertiary/aromatic N) is 3. The molecule has 3 aromatic rings. The zero-order valence-corrected chi connectivity index (χ0v) is 15.4. The number of carbonyl (C=O) groups excluding carboxylic acids is 1. The third-order valence-corrected chi connectivity index (χ3v) is 5.13. The SMILES string of the molecule is Cc1cc(C(=O)N2CCCC2c2ccc(Cl)cc2)nn1-c1ccccc1. The van der Waals surface area contributed by atoms with Gasteiger partial charge in [-0.3, -0.25) is 4.79 Å². The zero-order valence-electron chi connectivity index (χ0n) is 14.6. The molecule has 1 saturated heterocycles. The Balaban J connectivity index is 1.62. The lowest BCUT2D eigenvalue weighted by molar-refractivity contribution is 0.0729. The molecule has 132 valence electrons. The monoisotopic (exact) mass is 365 g/mol. The highest BCUT2D eigenvalue weighted by Crippen LogP contribution is 2.33. The summed E-state index contributed by atoms with van der Waals surface area (Å²) in [7, 11) is 0. The van der Waals surface area contributed by atoms with E-state index >= 15 is 0 Å². The molecule has 2 aromatic carbocycles. The summed E-state index contributed by atoms with van der Waals surface area (Å²) < 4.78 is 1.82. The fourth-order valence-electron chi connectivity index (χ4n) is 3.60. The first-order valence-electron chi connectivity index (χ1n) is 8.82. The van der Waals surface area contributed by atoms with E-state index in [4.69, 9.17) is 11.6 Å². The van der Waals surface area contributed by atoms with Crippen molar-refractivity contribution in [1.29, 1.82) is 0 Å². The van der Waals surface area contributed by atoms with Crippen LogP contribution in [0.5, 0.6) is 0 Å². The van der Waals surface area contributed by atoms with E-state index in [1.807, 2.05) is 77.2 Å². The smallest absolute Gasteiger partial charge is 0.274 e. The third-order valence-electron chi connectivity index (χ3n) is 4.88. The van der Waals surface area contributed by atoms with Crippen molar-refractivity contribution < 1.29 is 4.79 Å². The third kappa shape index (κ3) is 3.13. The Morgan fingerprint density at radius 1 is 1.12 bits per heavy atom. The quantitative estimate of drug-likeness (QED) is 0.668. The van der Waals surface area contributed by atoms with Crippen molar-refractivity contribution in [3.8, 4) is 5.69 Å². The standard InChI is InChI=1S/C21H20ClN3O/c1-15-14-19(23-25(15)18-6-3-2-4-7-18)21(26)24-13-5-8-20(24)16-9-11-17(22)12-10-16/h2-4,6-7,9-12,14,20H,5,8,13H2,1H3. The Kier molecular flexibility index (Phi) is 4.51. The first-order valence-corrected chi connectivity index (χ1v) is 9.20. The summed E-state index contributed by atoms with van der Waals surface area (Å²) in [4.78, 5) is 15.0. The first-order chi connectivity index (χ1) is 12.6. The van der Waals surface area contributed by atoms with E-state index in [9.17, 15) is 4.79 Å². The van der Waals surface area contributed by atoms with Gasteiger partial charge in [0.2, 0.25) is 0 Å². The lowest BCUT2D eigenvalue weighted by Crippen LogP contribution is -2.31. The molecular weight excluding hydrogens is 346 g/mol. The van der Waals surface area contributed by atoms with Gasteiger partial charge in [-0.15, -0.1) is 0 Å². The summed E-state index contributed by atoms with van der Waals surface area (Å²) in [6.45, 7) is 2.72. The van der Waals surface area contributed by atoms with Gasteiger partial charge in [-0.25, -0.2) is 4.68 Å². The molecule has 1 atom stereocenters. The normalized spacial score (nSPS) is 16.8. The van der Waals surface area contributed by atoms with Crippen LogP contribution in [0.1, 0.15) is 40.6 Å². The number of amides is 1. The Bertz CT molecular complexity index is 918. The van der Waals surface area contributed by atoms with Gasteiger partial charge in [-0.1, -0.05) is 41.9 Å². The molecule has 5 heteroatoms. The maximum Gasteiger partial charge on any atom is 0.274 e. The van der Waals surface area contributed by atoms with Crippen LogP contribution in [0.3, 0.4) is 0 Å². The number of aromatic nitrogens is 2. The molecule has 0 aliphatic carbocycles.